The zero-order valence-electron chi connectivity index (χ0n) is 10.1. The number of nitrogens with one attached hydrogen (secondary N) is 1. The summed E-state index contributed by atoms with van der Waals surface area (Å²) < 4.78 is 5.48. The molecule has 2 rings (SSSR count). The second-order valence-electron chi connectivity index (χ2n) is 4.09. The third-order valence-corrected chi connectivity index (χ3v) is 2.88. The van der Waals surface area contributed by atoms with Gasteiger partial charge in [-0.15, -0.1) is 11.6 Å². The SMILES string of the molecule is Cc1ccc(COc2c[nH]c(CCl)cc2=O)cc1. The van der Waals surface area contributed by atoms with Gasteiger partial charge in [-0.05, 0) is 12.5 Å². The van der Waals surface area contributed by atoms with Gasteiger partial charge in [0.25, 0.3) is 0 Å². The zero-order valence-corrected chi connectivity index (χ0v) is 10.8. The van der Waals surface area contributed by atoms with Gasteiger partial charge < -0.3 is 9.72 Å². The van der Waals surface area contributed by atoms with Gasteiger partial charge in [-0.1, -0.05) is 29.8 Å². The number of alkyl halides is 1. The summed E-state index contributed by atoms with van der Waals surface area (Å²) in [5.41, 5.74) is 2.75. The smallest absolute Gasteiger partial charge is 0.223 e. The van der Waals surface area contributed by atoms with E-state index in [2.05, 4.69) is 4.98 Å². The Labute approximate surface area is 110 Å². The van der Waals surface area contributed by atoms with Crippen LogP contribution in [0.15, 0.2) is 41.3 Å². The summed E-state index contributed by atoms with van der Waals surface area (Å²) in [5, 5.41) is 0. The van der Waals surface area contributed by atoms with Crippen molar-refractivity contribution in [2.24, 2.45) is 0 Å². The van der Waals surface area contributed by atoms with E-state index in [1.165, 1.54) is 11.6 Å². The lowest BCUT2D eigenvalue weighted by atomic mass is 10.2. The van der Waals surface area contributed by atoms with Gasteiger partial charge in [0.15, 0.2) is 5.75 Å². The number of aromatic nitrogens is 1. The van der Waals surface area contributed by atoms with Crippen LogP contribution in [0, 0.1) is 6.92 Å². The highest BCUT2D eigenvalue weighted by molar-refractivity contribution is 6.16. The van der Waals surface area contributed by atoms with E-state index in [0.29, 0.717) is 18.1 Å². The molecule has 0 saturated carbocycles. The van der Waals surface area contributed by atoms with Crippen molar-refractivity contribution in [2.75, 3.05) is 0 Å². The first-order valence-electron chi connectivity index (χ1n) is 5.65. The van der Waals surface area contributed by atoms with Crippen molar-refractivity contribution >= 4 is 11.6 Å². The molecule has 0 saturated heterocycles. The molecule has 0 aliphatic carbocycles. The molecule has 0 amide bonds. The highest BCUT2D eigenvalue weighted by Crippen LogP contribution is 2.09. The molecule has 0 radical (unpaired) electrons. The molecule has 0 fully saturated rings. The molecule has 1 aromatic heterocycles. The summed E-state index contributed by atoms with van der Waals surface area (Å²) in [7, 11) is 0. The van der Waals surface area contributed by atoms with Gasteiger partial charge in [0.2, 0.25) is 5.43 Å². The maximum absolute atomic E-state index is 11.7. The average molecular weight is 264 g/mol. The normalized spacial score (nSPS) is 10.3. The Bertz CT molecular complexity index is 575. The lowest BCUT2D eigenvalue weighted by molar-refractivity contribution is 0.302. The van der Waals surface area contributed by atoms with E-state index in [1.54, 1.807) is 6.20 Å². The van der Waals surface area contributed by atoms with Gasteiger partial charge in [-0.25, -0.2) is 0 Å². The van der Waals surface area contributed by atoms with Crippen molar-refractivity contribution < 1.29 is 4.74 Å². The monoisotopic (exact) mass is 263 g/mol. The summed E-state index contributed by atoms with van der Waals surface area (Å²) in [4.78, 5) is 14.6. The number of aromatic amines is 1. The van der Waals surface area contributed by atoms with Gasteiger partial charge in [0, 0.05) is 18.0 Å². The lowest BCUT2D eigenvalue weighted by Crippen LogP contribution is -2.09. The van der Waals surface area contributed by atoms with Crippen molar-refractivity contribution in [3.8, 4) is 5.75 Å². The topological polar surface area (TPSA) is 42.1 Å². The maximum Gasteiger partial charge on any atom is 0.223 e. The number of benzene rings is 1. The van der Waals surface area contributed by atoms with Crippen LogP contribution in [-0.2, 0) is 12.5 Å². The third kappa shape index (κ3) is 3.14. The minimum atomic E-state index is -0.156. The fourth-order valence-corrected chi connectivity index (χ4v) is 1.69. The number of ether oxygens (including phenoxy) is 1. The van der Waals surface area contributed by atoms with Crippen LogP contribution in [0.4, 0.5) is 0 Å². The molecular weight excluding hydrogens is 250 g/mol. The van der Waals surface area contributed by atoms with Gasteiger partial charge in [-0.3, -0.25) is 4.79 Å². The number of H-pyrrole nitrogens is 1. The lowest BCUT2D eigenvalue weighted by Gasteiger charge is -2.06. The molecule has 0 aliphatic heterocycles. The van der Waals surface area contributed by atoms with Crippen LogP contribution >= 0.6 is 11.6 Å². The fraction of sp³-hybridized carbons (Fsp3) is 0.214. The van der Waals surface area contributed by atoms with Crippen LogP contribution in [0.2, 0.25) is 0 Å². The second kappa shape index (κ2) is 5.74. The van der Waals surface area contributed by atoms with Gasteiger partial charge in [-0.2, -0.15) is 0 Å². The molecule has 0 unspecified atom stereocenters. The number of rotatable bonds is 4. The highest BCUT2D eigenvalue weighted by atomic mass is 35.5. The maximum atomic E-state index is 11.7. The number of hydrogen-bond acceptors (Lipinski definition) is 2. The predicted molar refractivity (Wildman–Crippen MR) is 72.1 cm³/mol. The first-order chi connectivity index (χ1) is 8.69. The largest absolute Gasteiger partial charge is 0.483 e. The number of halogens is 1. The number of pyridine rings is 1. The molecule has 94 valence electrons. The molecule has 4 heteroatoms. The van der Waals surface area contributed by atoms with Crippen molar-refractivity contribution in [1.82, 2.24) is 4.98 Å². The summed E-state index contributed by atoms with van der Waals surface area (Å²) in [6, 6.07) is 9.45. The summed E-state index contributed by atoms with van der Waals surface area (Å²) in [6.45, 7) is 2.41. The summed E-state index contributed by atoms with van der Waals surface area (Å²) in [5.74, 6) is 0.595. The molecule has 0 spiro atoms. The summed E-state index contributed by atoms with van der Waals surface area (Å²) >= 11 is 5.63. The standard InChI is InChI=1S/C14H14ClNO2/c1-10-2-4-11(5-3-10)9-18-14-8-16-12(7-15)6-13(14)17/h2-6,8H,7,9H2,1H3,(H,16,17). The molecule has 0 atom stereocenters. The van der Waals surface area contributed by atoms with Crippen molar-refractivity contribution in [3.05, 3.63) is 63.6 Å². The molecule has 1 N–H and O–H groups in total. The molecule has 0 bridgehead atoms. The third-order valence-electron chi connectivity index (χ3n) is 2.60. The van der Waals surface area contributed by atoms with E-state index in [1.807, 2.05) is 31.2 Å². The molecule has 1 heterocycles. The number of hydrogen-bond donors (Lipinski definition) is 1. The van der Waals surface area contributed by atoms with E-state index in [-0.39, 0.29) is 11.3 Å². The van der Waals surface area contributed by atoms with E-state index < -0.39 is 0 Å². The van der Waals surface area contributed by atoms with E-state index in [9.17, 15) is 4.79 Å². The Kier molecular flexibility index (Phi) is 4.05. The van der Waals surface area contributed by atoms with E-state index in [0.717, 1.165) is 5.56 Å². The van der Waals surface area contributed by atoms with Crippen molar-refractivity contribution in [2.45, 2.75) is 19.4 Å². The molecule has 0 aliphatic rings. The highest BCUT2D eigenvalue weighted by Gasteiger charge is 2.02. The Morgan fingerprint density at radius 2 is 2.00 bits per heavy atom. The molecule has 3 nitrogen and oxygen atoms in total. The first kappa shape index (κ1) is 12.7. The second-order valence-corrected chi connectivity index (χ2v) is 4.36. The summed E-state index contributed by atoms with van der Waals surface area (Å²) in [6.07, 6.45) is 1.55. The molecule has 1 aromatic carbocycles. The first-order valence-corrected chi connectivity index (χ1v) is 6.18. The average Bonchev–Trinajstić information content (AvgIpc) is 2.39. The quantitative estimate of drug-likeness (QED) is 0.862. The molecule has 18 heavy (non-hydrogen) atoms. The molecule has 2 aromatic rings. The minimum absolute atomic E-state index is 0.156. The zero-order chi connectivity index (χ0) is 13.0. The van der Waals surface area contributed by atoms with Gasteiger partial charge in [0.1, 0.15) is 6.61 Å². The van der Waals surface area contributed by atoms with Crippen LogP contribution in [0.5, 0.6) is 5.75 Å². The fourth-order valence-electron chi connectivity index (χ4n) is 1.54. The van der Waals surface area contributed by atoms with E-state index in [4.69, 9.17) is 16.3 Å². The van der Waals surface area contributed by atoms with Crippen molar-refractivity contribution in [1.29, 1.82) is 0 Å². The van der Waals surface area contributed by atoms with Crippen LogP contribution in [0.1, 0.15) is 16.8 Å². The van der Waals surface area contributed by atoms with Crippen LogP contribution < -0.4 is 10.2 Å². The van der Waals surface area contributed by atoms with Crippen molar-refractivity contribution in [3.63, 3.8) is 0 Å². The van der Waals surface area contributed by atoms with Gasteiger partial charge in [0.05, 0.1) is 5.88 Å². The Morgan fingerprint density at radius 3 is 2.61 bits per heavy atom. The van der Waals surface area contributed by atoms with Crippen LogP contribution in [-0.4, -0.2) is 4.98 Å². The van der Waals surface area contributed by atoms with Gasteiger partial charge >= 0.3 is 0 Å². The Morgan fingerprint density at radius 1 is 1.28 bits per heavy atom. The predicted octanol–water partition coefficient (Wildman–Crippen LogP) is 3.00. The van der Waals surface area contributed by atoms with E-state index >= 15 is 0 Å². The number of aryl methyl sites for hydroxylation is 1. The Hall–Kier alpha value is -1.74. The molecular formula is C14H14ClNO2. The Balaban J connectivity index is 2.06. The van der Waals surface area contributed by atoms with Crippen LogP contribution in [0.25, 0.3) is 0 Å². The minimum Gasteiger partial charge on any atom is -0.483 e. The van der Waals surface area contributed by atoms with Crippen LogP contribution in [0.3, 0.4) is 0 Å².